The van der Waals surface area contributed by atoms with E-state index in [1.807, 2.05) is 6.92 Å². The maximum absolute atomic E-state index is 11.5. The molecule has 1 fully saturated rings. The highest BCUT2D eigenvalue weighted by Gasteiger charge is 2.25. The summed E-state index contributed by atoms with van der Waals surface area (Å²) >= 11 is 0. The van der Waals surface area contributed by atoms with Crippen LogP contribution >= 0.6 is 0 Å². The quantitative estimate of drug-likeness (QED) is 0.804. The molecule has 0 aliphatic carbocycles. The fourth-order valence-corrected chi connectivity index (χ4v) is 2.52. The molecule has 1 aromatic heterocycles. The van der Waals surface area contributed by atoms with Crippen molar-refractivity contribution in [3.63, 3.8) is 0 Å². The number of nitrogens with zero attached hydrogens (tertiary/aromatic N) is 2. The summed E-state index contributed by atoms with van der Waals surface area (Å²) in [7, 11) is 1.33. The number of ether oxygens (including phenoxy) is 1. The second kappa shape index (κ2) is 6.09. The van der Waals surface area contributed by atoms with Crippen LogP contribution in [-0.2, 0) is 4.74 Å². The Morgan fingerprint density at radius 1 is 1.50 bits per heavy atom. The van der Waals surface area contributed by atoms with Crippen molar-refractivity contribution in [1.29, 1.82) is 0 Å². The Morgan fingerprint density at radius 2 is 2.15 bits per heavy atom. The van der Waals surface area contributed by atoms with Crippen LogP contribution in [0.5, 0.6) is 0 Å². The van der Waals surface area contributed by atoms with Crippen LogP contribution in [0.2, 0.25) is 0 Å². The van der Waals surface area contributed by atoms with Crippen molar-refractivity contribution >= 4 is 17.5 Å². The van der Waals surface area contributed by atoms with Gasteiger partial charge in [-0.1, -0.05) is 0 Å². The van der Waals surface area contributed by atoms with Crippen LogP contribution in [0.25, 0.3) is 0 Å². The smallest absolute Gasteiger partial charge is 0.356 e. The maximum atomic E-state index is 11.5. The van der Waals surface area contributed by atoms with Crippen molar-refractivity contribution in [2.24, 2.45) is 5.92 Å². The molecule has 1 aromatic rings. The molecule has 0 bridgehead atoms. The fraction of sp³-hybridized carbons (Fsp3) is 0.571. The summed E-state index contributed by atoms with van der Waals surface area (Å²) in [6.07, 6.45) is 1.49. The summed E-state index contributed by atoms with van der Waals surface area (Å²) in [5, 5.41) is 9.62. The summed E-state index contributed by atoms with van der Waals surface area (Å²) in [6, 6.07) is 3.24. The molecule has 3 N–H and O–H groups in total. The Bertz CT molecular complexity index is 483. The molecule has 1 aliphatic heterocycles. The molecular formula is C14H21N3O3. The van der Waals surface area contributed by atoms with Crippen LogP contribution in [0.15, 0.2) is 12.1 Å². The highest BCUT2D eigenvalue weighted by molar-refractivity contribution is 5.88. The largest absolute Gasteiger partial charge is 0.464 e. The zero-order chi connectivity index (χ0) is 14.7. The zero-order valence-electron chi connectivity index (χ0n) is 11.9. The van der Waals surface area contributed by atoms with Gasteiger partial charge < -0.3 is 20.5 Å². The minimum Gasteiger partial charge on any atom is -0.464 e. The van der Waals surface area contributed by atoms with E-state index >= 15 is 0 Å². The van der Waals surface area contributed by atoms with Gasteiger partial charge in [-0.05, 0) is 37.8 Å². The van der Waals surface area contributed by atoms with Crippen LogP contribution in [-0.4, -0.2) is 42.4 Å². The first-order valence-electron chi connectivity index (χ1n) is 6.80. The molecule has 1 atom stereocenters. The van der Waals surface area contributed by atoms with Crippen molar-refractivity contribution in [1.82, 2.24) is 4.98 Å². The molecule has 0 aromatic carbocycles. The van der Waals surface area contributed by atoms with Gasteiger partial charge in [0.2, 0.25) is 0 Å². The van der Waals surface area contributed by atoms with E-state index in [0.717, 1.165) is 25.9 Å². The number of nitrogen functional groups attached to an aromatic ring is 1. The lowest BCUT2D eigenvalue weighted by atomic mass is 9.92. The first-order chi connectivity index (χ1) is 9.52. The molecule has 0 amide bonds. The van der Waals surface area contributed by atoms with E-state index in [2.05, 4.69) is 14.6 Å². The number of rotatable bonds is 3. The Morgan fingerprint density at radius 3 is 2.70 bits per heavy atom. The SMILES string of the molecule is COC(=O)c1ccc(N)c(N2CCC(C(C)O)CC2)n1. The molecule has 2 rings (SSSR count). The lowest BCUT2D eigenvalue weighted by Crippen LogP contribution is -2.38. The molecule has 1 saturated heterocycles. The normalized spacial score (nSPS) is 17.9. The minimum atomic E-state index is -0.467. The molecular weight excluding hydrogens is 258 g/mol. The Labute approximate surface area is 118 Å². The number of anilines is 2. The lowest BCUT2D eigenvalue weighted by molar-refractivity contribution is 0.0594. The molecule has 0 saturated carbocycles. The third-order valence-electron chi connectivity index (χ3n) is 3.82. The van der Waals surface area contributed by atoms with Crippen molar-refractivity contribution < 1.29 is 14.6 Å². The highest BCUT2D eigenvalue weighted by Crippen LogP contribution is 2.28. The number of carbonyl (C=O) groups excluding carboxylic acids is 1. The van der Waals surface area contributed by atoms with Crippen molar-refractivity contribution in [3.8, 4) is 0 Å². The van der Waals surface area contributed by atoms with Gasteiger partial charge in [0.1, 0.15) is 0 Å². The molecule has 6 nitrogen and oxygen atoms in total. The third-order valence-corrected chi connectivity index (χ3v) is 3.82. The van der Waals surface area contributed by atoms with E-state index in [1.165, 1.54) is 7.11 Å². The summed E-state index contributed by atoms with van der Waals surface area (Å²) in [5.41, 5.74) is 6.76. The lowest BCUT2D eigenvalue weighted by Gasteiger charge is -2.34. The van der Waals surface area contributed by atoms with E-state index in [-0.39, 0.29) is 11.8 Å². The number of hydrogen-bond acceptors (Lipinski definition) is 6. The van der Waals surface area contributed by atoms with E-state index in [1.54, 1.807) is 12.1 Å². The molecule has 110 valence electrons. The maximum Gasteiger partial charge on any atom is 0.356 e. The minimum absolute atomic E-state index is 0.259. The number of carbonyl (C=O) groups is 1. The number of nitrogens with two attached hydrogens (primary N) is 1. The number of piperidine rings is 1. The third kappa shape index (κ3) is 3.01. The number of aliphatic hydroxyl groups excluding tert-OH is 1. The standard InChI is InChI=1S/C14H21N3O3/c1-9(18)10-5-7-17(8-6-10)13-11(15)3-4-12(16-13)14(19)20-2/h3-4,9-10,18H,5-8,15H2,1-2H3. The molecule has 2 heterocycles. The Balaban J connectivity index is 2.15. The van der Waals surface area contributed by atoms with Crippen molar-refractivity contribution in [2.75, 3.05) is 30.8 Å². The summed E-state index contributed by atoms with van der Waals surface area (Å²) in [5.74, 6) is 0.471. The molecule has 0 radical (unpaired) electrons. The fourth-order valence-electron chi connectivity index (χ4n) is 2.52. The Hall–Kier alpha value is -1.82. The number of methoxy groups -OCH3 is 1. The first kappa shape index (κ1) is 14.6. The number of esters is 1. The van der Waals surface area contributed by atoms with Gasteiger partial charge in [-0.3, -0.25) is 0 Å². The van der Waals surface area contributed by atoms with Crippen molar-refractivity contribution in [2.45, 2.75) is 25.9 Å². The first-order valence-corrected chi connectivity index (χ1v) is 6.80. The molecule has 20 heavy (non-hydrogen) atoms. The molecule has 1 unspecified atom stereocenters. The van der Waals surface area contributed by atoms with E-state index < -0.39 is 5.97 Å². The van der Waals surface area contributed by atoms with Gasteiger partial charge in [0.25, 0.3) is 0 Å². The zero-order valence-corrected chi connectivity index (χ0v) is 11.9. The van der Waals surface area contributed by atoms with Gasteiger partial charge in [-0.15, -0.1) is 0 Å². The highest BCUT2D eigenvalue weighted by atomic mass is 16.5. The van der Waals surface area contributed by atoms with Gasteiger partial charge in [0.15, 0.2) is 11.5 Å². The molecule has 0 spiro atoms. The van der Waals surface area contributed by atoms with Crippen LogP contribution in [0.1, 0.15) is 30.3 Å². The predicted octanol–water partition coefficient (Wildman–Crippen LogP) is 1.05. The molecule has 1 aliphatic rings. The topological polar surface area (TPSA) is 88.7 Å². The van der Waals surface area contributed by atoms with Gasteiger partial charge in [0.05, 0.1) is 18.9 Å². The number of hydrogen-bond donors (Lipinski definition) is 2. The number of aromatic nitrogens is 1. The summed E-state index contributed by atoms with van der Waals surface area (Å²) in [6.45, 7) is 3.37. The van der Waals surface area contributed by atoms with E-state index in [0.29, 0.717) is 17.4 Å². The average Bonchev–Trinajstić information content (AvgIpc) is 2.47. The summed E-state index contributed by atoms with van der Waals surface area (Å²) in [4.78, 5) is 17.9. The van der Waals surface area contributed by atoms with Gasteiger partial charge in [-0.2, -0.15) is 0 Å². The monoisotopic (exact) mass is 279 g/mol. The van der Waals surface area contributed by atoms with Crippen LogP contribution in [0, 0.1) is 5.92 Å². The van der Waals surface area contributed by atoms with Gasteiger partial charge >= 0.3 is 5.97 Å². The van der Waals surface area contributed by atoms with Crippen molar-refractivity contribution in [3.05, 3.63) is 17.8 Å². The van der Waals surface area contributed by atoms with E-state index in [9.17, 15) is 9.90 Å². The number of aliphatic hydroxyl groups is 1. The summed E-state index contributed by atoms with van der Waals surface area (Å²) < 4.78 is 4.67. The van der Waals surface area contributed by atoms with Crippen LogP contribution in [0.4, 0.5) is 11.5 Å². The van der Waals surface area contributed by atoms with Crippen LogP contribution in [0.3, 0.4) is 0 Å². The second-order valence-corrected chi connectivity index (χ2v) is 5.17. The van der Waals surface area contributed by atoms with Gasteiger partial charge in [-0.25, -0.2) is 9.78 Å². The predicted molar refractivity (Wildman–Crippen MR) is 76.6 cm³/mol. The number of pyridine rings is 1. The van der Waals surface area contributed by atoms with Crippen LogP contribution < -0.4 is 10.6 Å². The second-order valence-electron chi connectivity index (χ2n) is 5.17. The Kier molecular flexibility index (Phi) is 4.44. The van der Waals surface area contributed by atoms with E-state index in [4.69, 9.17) is 5.73 Å². The molecule has 6 heteroatoms. The van der Waals surface area contributed by atoms with Gasteiger partial charge in [0, 0.05) is 13.1 Å². The average molecular weight is 279 g/mol.